The predicted octanol–water partition coefficient (Wildman–Crippen LogP) is 2.62. The van der Waals surface area contributed by atoms with E-state index in [1.165, 1.54) is 6.20 Å². The van der Waals surface area contributed by atoms with Gasteiger partial charge >= 0.3 is 5.97 Å². The minimum absolute atomic E-state index is 0.0191. The van der Waals surface area contributed by atoms with Crippen molar-refractivity contribution in [3.8, 4) is 5.75 Å². The van der Waals surface area contributed by atoms with Crippen molar-refractivity contribution in [2.45, 2.75) is 13.8 Å². The van der Waals surface area contributed by atoms with Gasteiger partial charge in [0.05, 0.1) is 24.3 Å². The van der Waals surface area contributed by atoms with Crippen LogP contribution in [0.25, 0.3) is 0 Å². The summed E-state index contributed by atoms with van der Waals surface area (Å²) < 4.78 is 10.6. The van der Waals surface area contributed by atoms with Gasteiger partial charge in [-0.15, -0.1) is 0 Å². The molecule has 7 heteroatoms. The summed E-state index contributed by atoms with van der Waals surface area (Å²) in [6.07, 6.45) is 1.53. The lowest BCUT2D eigenvalue weighted by Crippen LogP contribution is -2.49. The Labute approximate surface area is 164 Å². The molecule has 0 radical (unpaired) electrons. The second-order valence-electron chi connectivity index (χ2n) is 6.33. The fourth-order valence-electron chi connectivity index (χ4n) is 3.14. The minimum atomic E-state index is -0.370. The van der Waals surface area contributed by atoms with Crippen molar-refractivity contribution in [2.75, 3.05) is 44.3 Å². The van der Waals surface area contributed by atoms with Crippen molar-refractivity contribution in [1.82, 2.24) is 9.88 Å². The molecule has 1 aliphatic rings. The van der Waals surface area contributed by atoms with E-state index >= 15 is 0 Å². The molecule has 1 aromatic carbocycles. The summed E-state index contributed by atoms with van der Waals surface area (Å²) in [6.45, 7) is 7.08. The molecule has 1 fully saturated rings. The molecule has 28 heavy (non-hydrogen) atoms. The average molecular weight is 383 g/mol. The number of carbonyl (C=O) groups is 2. The summed E-state index contributed by atoms with van der Waals surface area (Å²) >= 11 is 0. The first-order chi connectivity index (χ1) is 13.6. The molecule has 0 aliphatic carbocycles. The number of rotatable bonds is 6. The van der Waals surface area contributed by atoms with Crippen molar-refractivity contribution in [2.24, 2.45) is 0 Å². The van der Waals surface area contributed by atoms with E-state index in [9.17, 15) is 9.59 Å². The van der Waals surface area contributed by atoms with E-state index in [1.54, 1.807) is 19.1 Å². The van der Waals surface area contributed by atoms with Crippen LogP contribution in [0.2, 0.25) is 0 Å². The zero-order chi connectivity index (χ0) is 19.9. The van der Waals surface area contributed by atoms with Crippen LogP contribution in [0.5, 0.6) is 5.75 Å². The molecule has 0 unspecified atom stereocenters. The Morgan fingerprint density at radius 3 is 2.39 bits per heavy atom. The molecule has 1 saturated heterocycles. The molecular formula is C21H25N3O4. The van der Waals surface area contributed by atoms with Gasteiger partial charge in [0.2, 0.25) is 0 Å². The second kappa shape index (κ2) is 9.21. The summed E-state index contributed by atoms with van der Waals surface area (Å²) in [5, 5.41) is 0. The highest BCUT2D eigenvalue weighted by molar-refractivity contribution is 5.97. The lowest BCUT2D eigenvalue weighted by molar-refractivity contribution is 0.0525. The third kappa shape index (κ3) is 4.42. The highest BCUT2D eigenvalue weighted by Gasteiger charge is 2.25. The largest absolute Gasteiger partial charge is 0.493 e. The predicted molar refractivity (Wildman–Crippen MR) is 106 cm³/mol. The van der Waals surface area contributed by atoms with Crippen LogP contribution in [-0.4, -0.2) is 61.2 Å². The number of piperazine rings is 1. The summed E-state index contributed by atoms with van der Waals surface area (Å²) in [5.41, 5.74) is 1.03. The van der Waals surface area contributed by atoms with Crippen LogP contribution in [0.15, 0.2) is 42.6 Å². The topological polar surface area (TPSA) is 72.0 Å². The first kappa shape index (κ1) is 19.7. The maximum absolute atomic E-state index is 12.9. The zero-order valence-electron chi connectivity index (χ0n) is 16.3. The molecule has 1 aliphatic heterocycles. The molecule has 3 rings (SSSR count). The van der Waals surface area contributed by atoms with Gasteiger partial charge in [-0.25, -0.2) is 9.78 Å². The van der Waals surface area contributed by atoms with Crippen LogP contribution in [0, 0.1) is 0 Å². The van der Waals surface area contributed by atoms with E-state index in [4.69, 9.17) is 9.47 Å². The maximum Gasteiger partial charge on any atom is 0.339 e. The Bertz CT molecular complexity index is 815. The number of esters is 1. The Morgan fingerprint density at radius 2 is 1.75 bits per heavy atom. The van der Waals surface area contributed by atoms with Crippen molar-refractivity contribution >= 4 is 17.7 Å². The van der Waals surface area contributed by atoms with Crippen LogP contribution in [0.1, 0.15) is 34.6 Å². The highest BCUT2D eigenvalue weighted by Crippen LogP contribution is 2.22. The van der Waals surface area contributed by atoms with Crippen molar-refractivity contribution in [3.05, 3.63) is 53.7 Å². The third-order valence-corrected chi connectivity index (χ3v) is 4.57. The zero-order valence-corrected chi connectivity index (χ0v) is 16.3. The molecule has 0 N–H and O–H groups in total. The van der Waals surface area contributed by atoms with Gasteiger partial charge in [0.25, 0.3) is 5.91 Å². The number of hydrogen-bond donors (Lipinski definition) is 0. The second-order valence-corrected chi connectivity index (χ2v) is 6.33. The molecular weight excluding hydrogens is 358 g/mol. The molecule has 1 aromatic heterocycles. The van der Waals surface area contributed by atoms with Crippen molar-refractivity contribution < 1.29 is 19.1 Å². The van der Waals surface area contributed by atoms with Gasteiger partial charge in [-0.05, 0) is 38.1 Å². The number of pyridine rings is 1. The first-order valence-electron chi connectivity index (χ1n) is 9.53. The van der Waals surface area contributed by atoms with Gasteiger partial charge in [-0.1, -0.05) is 12.1 Å². The van der Waals surface area contributed by atoms with Crippen molar-refractivity contribution in [3.63, 3.8) is 0 Å². The fraction of sp³-hybridized carbons (Fsp3) is 0.381. The normalized spacial score (nSPS) is 13.9. The average Bonchev–Trinajstić information content (AvgIpc) is 2.74. The molecule has 1 amide bonds. The van der Waals surface area contributed by atoms with Crippen LogP contribution < -0.4 is 9.64 Å². The number of ether oxygens (including phenoxy) is 2. The van der Waals surface area contributed by atoms with Gasteiger partial charge in [-0.2, -0.15) is 0 Å². The summed E-state index contributed by atoms with van der Waals surface area (Å²) in [7, 11) is 0. The van der Waals surface area contributed by atoms with Gasteiger partial charge in [0.15, 0.2) is 0 Å². The lowest BCUT2D eigenvalue weighted by atomic mass is 10.1. The van der Waals surface area contributed by atoms with Crippen LogP contribution in [0.3, 0.4) is 0 Å². The number of anilines is 1. The van der Waals surface area contributed by atoms with Crippen LogP contribution in [-0.2, 0) is 4.74 Å². The Morgan fingerprint density at radius 1 is 1.00 bits per heavy atom. The summed E-state index contributed by atoms with van der Waals surface area (Å²) in [4.78, 5) is 32.9. The van der Waals surface area contributed by atoms with Gasteiger partial charge in [-0.3, -0.25) is 4.79 Å². The number of aromatic nitrogens is 1. The highest BCUT2D eigenvalue weighted by atomic mass is 16.5. The standard InChI is InChI=1S/C21H25N3O4/c1-3-27-18-8-6-5-7-17(18)20(25)24-13-11-23(12-14-24)19-10-9-16(15-22-19)21(26)28-4-2/h5-10,15H,3-4,11-14H2,1-2H3. The monoisotopic (exact) mass is 383 g/mol. The Kier molecular flexibility index (Phi) is 6.47. The van der Waals surface area contributed by atoms with E-state index in [0.29, 0.717) is 56.3 Å². The summed E-state index contributed by atoms with van der Waals surface area (Å²) in [6, 6.07) is 10.9. The number of para-hydroxylation sites is 1. The lowest BCUT2D eigenvalue weighted by Gasteiger charge is -2.35. The first-order valence-corrected chi connectivity index (χ1v) is 9.53. The van der Waals surface area contributed by atoms with E-state index in [2.05, 4.69) is 9.88 Å². The minimum Gasteiger partial charge on any atom is -0.493 e. The summed E-state index contributed by atoms with van der Waals surface area (Å²) in [5.74, 6) is 1.02. The SMILES string of the molecule is CCOC(=O)c1ccc(N2CCN(C(=O)c3ccccc3OCC)CC2)nc1. The number of hydrogen-bond acceptors (Lipinski definition) is 6. The quantitative estimate of drug-likeness (QED) is 0.714. The third-order valence-electron chi connectivity index (χ3n) is 4.57. The van der Waals surface area contributed by atoms with E-state index in [-0.39, 0.29) is 11.9 Å². The maximum atomic E-state index is 12.9. The van der Waals surface area contributed by atoms with Crippen LogP contribution in [0.4, 0.5) is 5.82 Å². The molecule has 0 saturated carbocycles. The smallest absolute Gasteiger partial charge is 0.339 e. The Hall–Kier alpha value is -3.09. The number of amides is 1. The van der Waals surface area contributed by atoms with Crippen LogP contribution >= 0.6 is 0 Å². The number of benzene rings is 1. The molecule has 0 bridgehead atoms. The molecule has 2 heterocycles. The van der Waals surface area contributed by atoms with Crippen molar-refractivity contribution in [1.29, 1.82) is 0 Å². The molecule has 7 nitrogen and oxygen atoms in total. The van der Waals surface area contributed by atoms with E-state index in [1.807, 2.05) is 36.1 Å². The molecule has 0 spiro atoms. The Balaban J connectivity index is 1.61. The number of nitrogens with zero attached hydrogens (tertiary/aromatic N) is 3. The molecule has 0 atom stereocenters. The van der Waals surface area contributed by atoms with E-state index < -0.39 is 0 Å². The molecule has 148 valence electrons. The number of carbonyl (C=O) groups excluding carboxylic acids is 2. The van der Waals surface area contributed by atoms with E-state index in [0.717, 1.165) is 5.82 Å². The van der Waals surface area contributed by atoms with Gasteiger partial charge < -0.3 is 19.3 Å². The molecule has 2 aromatic rings. The van der Waals surface area contributed by atoms with Gasteiger partial charge in [0, 0.05) is 32.4 Å². The van der Waals surface area contributed by atoms with Gasteiger partial charge in [0.1, 0.15) is 11.6 Å². The fourth-order valence-corrected chi connectivity index (χ4v) is 3.14.